The van der Waals surface area contributed by atoms with Gasteiger partial charge in [-0.3, -0.25) is 0 Å². The lowest BCUT2D eigenvalue weighted by molar-refractivity contribution is 0.209. The fourth-order valence-electron chi connectivity index (χ4n) is 3.58. The highest BCUT2D eigenvalue weighted by Crippen LogP contribution is 2.41. The zero-order valence-electron chi connectivity index (χ0n) is 19.6. The van der Waals surface area contributed by atoms with Crippen LogP contribution in [-0.2, 0) is 0 Å². The molecule has 0 rings (SSSR count). The van der Waals surface area contributed by atoms with E-state index in [4.69, 9.17) is 0 Å². The van der Waals surface area contributed by atoms with Gasteiger partial charge in [-0.25, -0.2) is 0 Å². The molecule has 0 radical (unpaired) electrons. The molecule has 164 valence electrons. The summed E-state index contributed by atoms with van der Waals surface area (Å²) in [6.07, 6.45) is 17.3. The molecule has 0 spiro atoms. The lowest BCUT2D eigenvalue weighted by Crippen LogP contribution is -2.21. The van der Waals surface area contributed by atoms with Crippen LogP contribution in [0.3, 0.4) is 0 Å². The Hall–Kier alpha value is -1.76. The Morgan fingerprint density at radius 3 is 1.79 bits per heavy atom. The largest absolute Gasteiger partial charge is 0.389 e. The molecule has 0 aromatic heterocycles. The highest BCUT2D eigenvalue weighted by molar-refractivity contribution is 5.13. The molecule has 0 bridgehead atoms. The normalized spacial score (nSPS) is 11.0. The van der Waals surface area contributed by atoms with Crippen molar-refractivity contribution < 1.29 is 0 Å². The molecule has 0 heterocycles. The Morgan fingerprint density at radius 1 is 0.759 bits per heavy atom. The molecule has 0 aliphatic heterocycles. The summed E-state index contributed by atoms with van der Waals surface area (Å²) in [4.78, 5) is 0. The third kappa shape index (κ3) is 13.2. The fraction of sp³-hybridized carbons (Fsp3) is 0.571. The molecule has 0 amide bonds. The maximum atomic E-state index is 4.36. The van der Waals surface area contributed by atoms with E-state index in [1.807, 2.05) is 12.2 Å². The minimum atomic E-state index is 0.302. The molecule has 1 N–H and O–H groups in total. The maximum Gasteiger partial charge on any atom is 0.0143 e. The van der Waals surface area contributed by atoms with Crippen LogP contribution < -0.4 is 5.32 Å². The van der Waals surface area contributed by atoms with E-state index in [1.165, 1.54) is 37.7 Å². The van der Waals surface area contributed by atoms with Crippen molar-refractivity contribution in [3.63, 3.8) is 0 Å². The van der Waals surface area contributed by atoms with Gasteiger partial charge < -0.3 is 5.32 Å². The summed E-state index contributed by atoms with van der Waals surface area (Å²) in [6.45, 7) is 30.1. The second kappa shape index (κ2) is 16.1. The molecule has 0 saturated heterocycles. The van der Waals surface area contributed by atoms with Crippen LogP contribution in [0.5, 0.6) is 0 Å². The van der Waals surface area contributed by atoms with E-state index in [1.54, 1.807) is 0 Å². The summed E-state index contributed by atoms with van der Waals surface area (Å²) in [7, 11) is 0. The lowest BCUT2D eigenvalue weighted by atomic mass is 9.71. The smallest absolute Gasteiger partial charge is 0.0143 e. The molecule has 0 aromatic rings. The number of hydrogen-bond acceptors (Lipinski definition) is 1. The lowest BCUT2D eigenvalue weighted by Gasteiger charge is -2.34. The highest BCUT2D eigenvalue weighted by atomic mass is 14.9. The average Bonchev–Trinajstić information content (AvgIpc) is 2.74. The molecule has 0 atom stereocenters. The average molecular weight is 398 g/mol. The minimum Gasteiger partial charge on any atom is -0.389 e. The van der Waals surface area contributed by atoms with Gasteiger partial charge in [-0.15, -0.1) is 0 Å². The SMILES string of the molecule is C=CC(=C)CCC(CC)(CCC(=C)C=C)CCC(=C)CCC(=C)NCCCCC. The summed E-state index contributed by atoms with van der Waals surface area (Å²) in [6, 6.07) is 0. The van der Waals surface area contributed by atoms with Crippen LogP contribution in [0.15, 0.2) is 74.0 Å². The van der Waals surface area contributed by atoms with E-state index in [9.17, 15) is 0 Å². The fourth-order valence-corrected chi connectivity index (χ4v) is 3.58. The maximum absolute atomic E-state index is 4.36. The van der Waals surface area contributed by atoms with Crippen molar-refractivity contribution in [3.05, 3.63) is 74.0 Å². The predicted octanol–water partition coefficient (Wildman–Crippen LogP) is 8.84. The van der Waals surface area contributed by atoms with Crippen LogP contribution in [-0.4, -0.2) is 6.54 Å². The second-order valence-electron chi connectivity index (χ2n) is 8.57. The standard InChI is InChI=1S/C28H47N/c1-9-13-14-23-29-27(8)16-15-26(7)19-22-28(12-4,20-17-24(5)10-2)21-18-25(6)11-3/h10-11,29H,2-3,5-9,12-23H2,1,4H3. The molecule has 0 aliphatic carbocycles. The Morgan fingerprint density at radius 2 is 1.31 bits per heavy atom. The van der Waals surface area contributed by atoms with Crippen LogP contribution in [0.1, 0.15) is 90.9 Å². The summed E-state index contributed by atoms with van der Waals surface area (Å²) in [5, 5.41) is 3.46. The van der Waals surface area contributed by atoms with Gasteiger partial charge in [0.15, 0.2) is 0 Å². The molecule has 1 heteroatoms. The summed E-state index contributed by atoms with van der Waals surface area (Å²) < 4.78 is 0. The predicted molar refractivity (Wildman–Crippen MR) is 134 cm³/mol. The summed E-state index contributed by atoms with van der Waals surface area (Å²) in [5.41, 5.74) is 5.05. The molecular weight excluding hydrogens is 350 g/mol. The number of nitrogens with one attached hydrogen (secondary N) is 1. The molecule has 1 nitrogen and oxygen atoms in total. The third-order valence-electron chi connectivity index (χ3n) is 6.22. The van der Waals surface area contributed by atoms with Crippen LogP contribution in [0.4, 0.5) is 0 Å². The van der Waals surface area contributed by atoms with Gasteiger partial charge in [0.2, 0.25) is 0 Å². The first-order valence-electron chi connectivity index (χ1n) is 11.5. The number of hydrogen-bond donors (Lipinski definition) is 1. The monoisotopic (exact) mass is 397 g/mol. The van der Waals surface area contributed by atoms with Gasteiger partial charge in [-0.05, 0) is 63.2 Å². The molecule has 0 unspecified atom stereocenters. The number of rotatable bonds is 20. The quantitative estimate of drug-likeness (QED) is 0.123. The van der Waals surface area contributed by atoms with Gasteiger partial charge in [0.25, 0.3) is 0 Å². The zero-order chi connectivity index (χ0) is 22.1. The van der Waals surface area contributed by atoms with E-state index in [-0.39, 0.29) is 0 Å². The van der Waals surface area contributed by atoms with Gasteiger partial charge in [0.05, 0.1) is 0 Å². The summed E-state index contributed by atoms with van der Waals surface area (Å²) >= 11 is 0. The van der Waals surface area contributed by atoms with Crippen molar-refractivity contribution in [2.45, 2.75) is 90.9 Å². The van der Waals surface area contributed by atoms with Crippen molar-refractivity contribution in [2.24, 2.45) is 5.41 Å². The Balaban J connectivity index is 4.63. The topological polar surface area (TPSA) is 12.0 Å². The highest BCUT2D eigenvalue weighted by Gasteiger charge is 2.27. The number of allylic oxidation sites excluding steroid dienone is 6. The molecule has 0 aliphatic rings. The Labute approximate surface area is 182 Å². The first-order chi connectivity index (χ1) is 13.8. The van der Waals surface area contributed by atoms with Crippen molar-refractivity contribution in [3.8, 4) is 0 Å². The zero-order valence-corrected chi connectivity index (χ0v) is 19.6. The van der Waals surface area contributed by atoms with E-state index in [2.05, 4.69) is 58.6 Å². The van der Waals surface area contributed by atoms with E-state index >= 15 is 0 Å². The molecular formula is C28H47N. The Kier molecular flexibility index (Phi) is 15.1. The van der Waals surface area contributed by atoms with E-state index in [0.29, 0.717) is 5.41 Å². The second-order valence-corrected chi connectivity index (χ2v) is 8.57. The van der Waals surface area contributed by atoms with E-state index in [0.717, 1.165) is 68.3 Å². The molecule has 0 aromatic carbocycles. The van der Waals surface area contributed by atoms with Crippen LogP contribution in [0.25, 0.3) is 0 Å². The first-order valence-corrected chi connectivity index (χ1v) is 11.5. The van der Waals surface area contributed by atoms with Crippen LogP contribution >= 0.6 is 0 Å². The van der Waals surface area contributed by atoms with Gasteiger partial charge in [0, 0.05) is 12.2 Å². The van der Waals surface area contributed by atoms with Crippen LogP contribution in [0.2, 0.25) is 0 Å². The van der Waals surface area contributed by atoms with Gasteiger partial charge >= 0.3 is 0 Å². The molecule has 29 heavy (non-hydrogen) atoms. The van der Waals surface area contributed by atoms with Crippen molar-refractivity contribution in [1.29, 1.82) is 0 Å². The third-order valence-corrected chi connectivity index (χ3v) is 6.22. The van der Waals surface area contributed by atoms with Crippen molar-refractivity contribution >= 4 is 0 Å². The van der Waals surface area contributed by atoms with Crippen molar-refractivity contribution in [1.82, 2.24) is 5.32 Å². The van der Waals surface area contributed by atoms with E-state index < -0.39 is 0 Å². The van der Waals surface area contributed by atoms with Crippen molar-refractivity contribution in [2.75, 3.05) is 6.54 Å². The number of unbranched alkanes of at least 4 members (excludes halogenated alkanes) is 2. The van der Waals surface area contributed by atoms with Crippen LogP contribution in [0, 0.1) is 5.41 Å². The minimum absolute atomic E-state index is 0.302. The Bertz CT molecular complexity index is 525. The van der Waals surface area contributed by atoms with Gasteiger partial charge in [-0.1, -0.05) is 101 Å². The molecule has 0 fully saturated rings. The first kappa shape index (κ1) is 27.2. The molecule has 0 saturated carbocycles. The van der Waals surface area contributed by atoms with Gasteiger partial charge in [-0.2, -0.15) is 0 Å². The van der Waals surface area contributed by atoms with Gasteiger partial charge in [0.1, 0.15) is 0 Å². The summed E-state index contributed by atoms with van der Waals surface area (Å²) in [5.74, 6) is 0.